The lowest BCUT2D eigenvalue weighted by Gasteiger charge is -2.28. The predicted molar refractivity (Wildman–Crippen MR) is 298 cm³/mol. The summed E-state index contributed by atoms with van der Waals surface area (Å²) in [6.07, 6.45) is 3.55. The van der Waals surface area contributed by atoms with E-state index < -0.39 is 10.0 Å². The monoisotopic (exact) mass is 1010 g/mol. The number of para-hydroxylation sites is 2. The number of benzene rings is 5. The second kappa shape index (κ2) is 20.9. The standard InChI is InChI=1S/C22H22FN.C21H24FN.C19H26FN3O2S/c1-22(2,3)20-19(14-10-12-16(23)13-11-14)17-6-4-5-7-18(17)24-21(20)15-8-9-15;1-14(2)23-18-9-7-6-8-17(18)19(20(23)21(3,4)5)15-10-12-16(22)13-11-15;1-12(2)16-15(19(3,4)5)17(13-8-10-14(20)11-9-13)22-18(21-16)23(6)26(7,24)25/h4-7,10-13,15H,8-9H2,1-3H3;6-14H,1-5H3;8-12H,1-7H3. The quantitative estimate of drug-likeness (QED) is 0.151. The predicted octanol–water partition coefficient (Wildman–Crippen LogP) is 16.6. The molecule has 73 heavy (non-hydrogen) atoms. The number of rotatable bonds is 8. The van der Waals surface area contributed by atoms with E-state index in [2.05, 4.69) is 133 Å². The number of halogens is 3. The van der Waals surface area contributed by atoms with Crippen LogP contribution in [0.25, 0.3) is 55.3 Å². The van der Waals surface area contributed by atoms with Gasteiger partial charge in [0.2, 0.25) is 16.0 Å². The molecule has 0 N–H and O–H groups in total. The zero-order valence-electron chi connectivity index (χ0n) is 45.3. The summed E-state index contributed by atoms with van der Waals surface area (Å²) in [6.45, 7) is 28.1. The molecule has 1 aliphatic rings. The van der Waals surface area contributed by atoms with Crippen molar-refractivity contribution in [3.05, 3.63) is 167 Å². The van der Waals surface area contributed by atoms with E-state index in [-0.39, 0.29) is 45.6 Å². The van der Waals surface area contributed by atoms with E-state index in [0.29, 0.717) is 17.7 Å². The van der Waals surface area contributed by atoms with Crippen molar-refractivity contribution in [1.29, 1.82) is 0 Å². The van der Waals surface area contributed by atoms with Gasteiger partial charge in [0.05, 0.1) is 23.2 Å². The molecule has 9 rings (SSSR count). The van der Waals surface area contributed by atoms with Crippen LogP contribution in [0, 0.1) is 17.5 Å². The Bertz CT molecular complexity index is 3360. The molecule has 1 saturated carbocycles. The molecule has 5 aromatic carbocycles. The van der Waals surface area contributed by atoms with Crippen LogP contribution in [0.5, 0.6) is 0 Å². The lowest BCUT2D eigenvalue weighted by molar-refractivity contribution is 0.495. The number of pyridine rings is 1. The Morgan fingerprint density at radius 1 is 0.575 bits per heavy atom. The number of aromatic nitrogens is 4. The smallest absolute Gasteiger partial charge is 0.239 e. The highest BCUT2D eigenvalue weighted by molar-refractivity contribution is 7.92. The molecule has 1 aliphatic carbocycles. The van der Waals surface area contributed by atoms with Crippen LogP contribution in [-0.2, 0) is 26.3 Å². The topological polar surface area (TPSA) is 81.0 Å². The van der Waals surface area contributed by atoms with Crippen molar-refractivity contribution in [2.45, 2.75) is 137 Å². The second-order valence-corrected chi connectivity index (χ2v) is 25.0. The summed E-state index contributed by atoms with van der Waals surface area (Å²) >= 11 is 0. The van der Waals surface area contributed by atoms with Gasteiger partial charge < -0.3 is 4.57 Å². The van der Waals surface area contributed by atoms with Crippen LogP contribution >= 0.6 is 0 Å². The molecule has 7 nitrogen and oxygen atoms in total. The van der Waals surface area contributed by atoms with Gasteiger partial charge in [-0.2, -0.15) is 0 Å². The minimum Gasteiger partial charge on any atom is -0.341 e. The van der Waals surface area contributed by atoms with Gasteiger partial charge >= 0.3 is 0 Å². The zero-order valence-corrected chi connectivity index (χ0v) is 46.1. The van der Waals surface area contributed by atoms with Crippen molar-refractivity contribution >= 4 is 37.8 Å². The SMILES string of the molecule is CC(C)(C)c1c(C2CC2)nc2ccccc2c1-c1ccc(F)cc1.CC(C)c1nc(N(C)S(C)(=O)=O)nc(-c2ccc(F)cc2)c1C(C)(C)C.CC(C)n1c(C(C)(C)C)c(-c2ccc(F)cc2)c2ccccc21. The summed E-state index contributed by atoms with van der Waals surface area (Å²) in [4.78, 5) is 14.2. The van der Waals surface area contributed by atoms with Crippen LogP contribution in [-0.4, -0.2) is 41.2 Å². The molecule has 11 heteroatoms. The van der Waals surface area contributed by atoms with Crippen LogP contribution in [0.3, 0.4) is 0 Å². The van der Waals surface area contributed by atoms with Crippen molar-refractivity contribution in [3.8, 4) is 33.5 Å². The van der Waals surface area contributed by atoms with Gasteiger partial charge in [-0.05, 0) is 126 Å². The molecular formula is C62H72F3N5O2S. The van der Waals surface area contributed by atoms with Gasteiger partial charge in [0.15, 0.2) is 0 Å². The van der Waals surface area contributed by atoms with Crippen molar-refractivity contribution in [2.24, 2.45) is 0 Å². The third-order valence-electron chi connectivity index (χ3n) is 13.2. The van der Waals surface area contributed by atoms with E-state index in [0.717, 1.165) is 49.4 Å². The Kier molecular flexibility index (Phi) is 15.6. The molecule has 0 spiro atoms. The summed E-state index contributed by atoms with van der Waals surface area (Å²) in [5.74, 6) is 0.0258. The maximum atomic E-state index is 13.5. The fourth-order valence-corrected chi connectivity index (χ4v) is 10.1. The molecule has 0 bridgehead atoms. The van der Waals surface area contributed by atoms with Crippen LogP contribution in [0.1, 0.15) is 149 Å². The molecule has 0 aliphatic heterocycles. The fraction of sp³-hybridized carbons (Fsp3) is 0.371. The van der Waals surface area contributed by atoms with E-state index in [4.69, 9.17) is 4.98 Å². The fourth-order valence-electron chi connectivity index (χ4n) is 9.73. The number of fused-ring (bicyclic) bond motifs is 2. The highest BCUT2D eigenvalue weighted by Gasteiger charge is 2.35. The zero-order chi connectivity index (χ0) is 53.5. The first-order valence-corrected chi connectivity index (χ1v) is 27.1. The Morgan fingerprint density at radius 3 is 1.49 bits per heavy atom. The first-order valence-electron chi connectivity index (χ1n) is 25.3. The minimum atomic E-state index is -3.50. The highest BCUT2D eigenvalue weighted by atomic mass is 32.2. The molecule has 0 amide bonds. The van der Waals surface area contributed by atoms with E-state index in [1.165, 1.54) is 71.0 Å². The van der Waals surface area contributed by atoms with E-state index in [1.54, 1.807) is 36.4 Å². The van der Waals surface area contributed by atoms with Gasteiger partial charge in [0.1, 0.15) is 17.5 Å². The lowest BCUT2D eigenvalue weighted by atomic mass is 9.78. The Hall–Kier alpha value is -6.33. The minimum absolute atomic E-state index is 0.00694. The Labute approximate surface area is 432 Å². The van der Waals surface area contributed by atoms with Gasteiger partial charge in [-0.1, -0.05) is 137 Å². The van der Waals surface area contributed by atoms with Crippen molar-refractivity contribution < 1.29 is 21.6 Å². The van der Waals surface area contributed by atoms with Crippen LogP contribution in [0.4, 0.5) is 19.1 Å². The second-order valence-electron chi connectivity index (χ2n) is 23.0. The summed E-state index contributed by atoms with van der Waals surface area (Å²) < 4.78 is 67.7. The average Bonchev–Trinajstić information content (AvgIpc) is 4.10. The average molecular weight is 1010 g/mol. The van der Waals surface area contributed by atoms with Gasteiger partial charge in [-0.3, -0.25) is 4.98 Å². The first kappa shape index (κ1) is 54.4. The molecule has 1 fully saturated rings. The molecule has 384 valence electrons. The van der Waals surface area contributed by atoms with Crippen LogP contribution in [0.2, 0.25) is 0 Å². The molecule has 3 heterocycles. The molecule has 0 saturated heterocycles. The highest BCUT2D eigenvalue weighted by Crippen LogP contribution is 2.49. The summed E-state index contributed by atoms with van der Waals surface area (Å²) in [7, 11) is -2.07. The van der Waals surface area contributed by atoms with E-state index >= 15 is 0 Å². The third-order valence-corrected chi connectivity index (χ3v) is 14.3. The van der Waals surface area contributed by atoms with Crippen molar-refractivity contribution in [3.63, 3.8) is 0 Å². The van der Waals surface area contributed by atoms with Crippen molar-refractivity contribution in [1.82, 2.24) is 19.5 Å². The molecular weight excluding hydrogens is 936 g/mol. The number of nitrogens with zero attached hydrogens (tertiary/aromatic N) is 5. The van der Waals surface area contributed by atoms with Crippen LogP contribution < -0.4 is 4.31 Å². The molecule has 0 radical (unpaired) electrons. The van der Waals surface area contributed by atoms with E-state index in [1.807, 2.05) is 44.2 Å². The van der Waals surface area contributed by atoms with Gasteiger partial charge in [0, 0.05) is 68.8 Å². The normalized spacial score (nSPS) is 13.3. The number of anilines is 1. The number of sulfonamides is 1. The molecule has 0 atom stereocenters. The third kappa shape index (κ3) is 12.0. The van der Waals surface area contributed by atoms with Gasteiger partial charge in [-0.15, -0.1) is 0 Å². The van der Waals surface area contributed by atoms with E-state index in [9.17, 15) is 21.6 Å². The molecule has 8 aromatic rings. The van der Waals surface area contributed by atoms with Gasteiger partial charge in [0.25, 0.3) is 0 Å². The summed E-state index contributed by atoms with van der Waals surface area (Å²) in [6, 6.07) is 37.0. The first-order chi connectivity index (χ1) is 34.1. The lowest BCUT2D eigenvalue weighted by Crippen LogP contribution is -2.29. The Balaban J connectivity index is 0.000000161. The Morgan fingerprint density at radius 2 is 1.04 bits per heavy atom. The van der Waals surface area contributed by atoms with Crippen LogP contribution in [0.15, 0.2) is 121 Å². The largest absolute Gasteiger partial charge is 0.341 e. The summed E-state index contributed by atoms with van der Waals surface area (Å²) in [5, 5.41) is 2.39. The number of hydrogen-bond acceptors (Lipinski definition) is 5. The van der Waals surface area contributed by atoms with Crippen molar-refractivity contribution in [2.75, 3.05) is 17.6 Å². The number of hydrogen-bond donors (Lipinski definition) is 0. The summed E-state index contributed by atoms with van der Waals surface area (Å²) in [5.41, 5.74) is 13.5. The maximum Gasteiger partial charge on any atom is 0.239 e. The molecule has 0 unspecified atom stereocenters. The molecule has 3 aromatic heterocycles. The maximum absolute atomic E-state index is 13.5. The van der Waals surface area contributed by atoms with Gasteiger partial charge in [-0.25, -0.2) is 35.9 Å².